The maximum atomic E-state index is 13.2. The summed E-state index contributed by atoms with van der Waals surface area (Å²) in [4.78, 5) is 13.7. The van der Waals surface area contributed by atoms with Gasteiger partial charge < -0.3 is 14.4 Å². The Balaban J connectivity index is 1.77. The van der Waals surface area contributed by atoms with Gasteiger partial charge in [-0.2, -0.15) is 13.2 Å². The number of hydrogen-bond acceptors (Lipinski definition) is 5. The number of hydrogen-bond donors (Lipinski definition) is 1. The lowest BCUT2D eigenvalue weighted by Crippen LogP contribution is -2.26. The highest BCUT2D eigenvalue weighted by atomic mass is 19.4. The second-order valence-corrected chi connectivity index (χ2v) is 5.75. The van der Waals surface area contributed by atoms with Gasteiger partial charge in [0.2, 0.25) is 5.82 Å². The third-order valence-corrected chi connectivity index (χ3v) is 3.77. The van der Waals surface area contributed by atoms with Crippen LogP contribution in [0.5, 0.6) is 5.75 Å². The van der Waals surface area contributed by atoms with Crippen LogP contribution in [0.25, 0.3) is 11.0 Å². The van der Waals surface area contributed by atoms with Gasteiger partial charge in [-0.05, 0) is 18.2 Å². The molecule has 0 bridgehead atoms. The quantitative estimate of drug-likeness (QED) is 0.522. The molecule has 10 heteroatoms. The molecule has 1 aromatic heterocycles. The van der Waals surface area contributed by atoms with Crippen molar-refractivity contribution in [3.63, 3.8) is 0 Å². The molecular weight excluding hydrogens is 367 g/mol. The summed E-state index contributed by atoms with van der Waals surface area (Å²) < 4.78 is 45.9. The molecule has 0 aliphatic rings. The Morgan fingerprint density at radius 1 is 1.22 bits per heavy atom. The lowest BCUT2D eigenvalue weighted by Gasteiger charge is -2.16. The monoisotopic (exact) mass is 381 g/mol. The second-order valence-electron chi connectivity index (χ2n) is 5.75. The van der Waals surface area contributed by atoms with E-state index in [1.807, 2.05) is 0 Å². The number of halogens is 3. The van der Waals surface area contributed by atoms with Crippen molar-refractivity contribution in [3.8, 4) is 5.75 Å². The highest BCUT2D eigenvalue weighted by Gasteiger charge is 2.37. The van der Waals surface area contributed by atoms with E-state index in [9.17, 15) is 28.4 Å². The van der Waals surface area contributed by atoms with Crippen molar-refractivity contribution in [2.75, 3.05) is 6.61 Å². The maximum Gasteiger partial charge on any atom is 0.449 e. The molecular formula is C17H14F3N3O4. The number of rotatable bonds is 6. The van der Waals surface area contributed by atoms with Gasteiger partial charge in [-0.1, -0.05) is 18.2 Å². The highest BCUT2D eigenvalue weighted by Crippen LogP contribution is 2.31. The van der Waals surface area contributed by atoms with Crippen molar-refractivity contribution in [2.45, 2.75) is 18.8 Å². The van der Waals surface area contributed by atoms with Crippen LogP contribution < -0.4 is 4.74 Å². The van der Waals surface area contributed by atoms with Crippen LogP contribution in [-0.4, -0.2) is 32.3 Å². The highest BCUT2D eigenvalue weighted by molar-refractivity contribution is 5.76. The maximum absolute atomic E-state index is 13.2. The minimum atomic E-state index is -4.68. The summed E-state index contributed by atoms with van der Waals surface area (Å²) in [6.07, 6.45) is -5.97. The van der Waals surface area contributed by atoms with Gasteiger partial charge in [0.05, 0.1) is 28.6 Å². The Kier molecular flexibility index (Phi) is 5.00. The number of non-ortho nitro benzene ring substituents is 1. The Bertz CT molecular complexity index is 971. The van der Waals surface area contributed by atoms with Crippen molar-refractivity contribution in [1.82, 2.24) is 9.55 Å². The average molecular weight is 381 g/mol. The van der Waals surface area contributed by atoms with E-state index in [-0.39, 0.29) is 29.1 Å². The number of nitro groups is 1. The fourth-order valence-corrected chi connectivity index (χ4v) is 2.62. The van der Waals surface area contributed by atoms with E-state index >= 15 is 0 Å². The molecule has 0 saturated carbocycles. The molecule has 0 radical (unpaired) electrons. The smallest absolute Gasteiger partial charge is 0.449 e. The number of benzene rings is 2. The summed E-state index contributed by atoms with van der Waals surface area (Å²) in [5, 5.41) is 20.9. The first kappa shape index (κ1) is 18.6. The van der Waals surface area contributed by atoms with Crippen LogP contribution in [0.3, 0.4) is 0 Å². The van der Waals surface area contributed by atoms with Gasteiger partial charge in [0.1, 0.15) is 18.5 Å². The lowest BCUT2D eigenvalue weighted by atomic mass is 10.3. The van der Waals surface area contributed by atoms with Gasteiger partial charge in [-0.15, -0.1) is 0 Å². The Hall–Kier alpha value is -3.14. The molecule has 2 aromatic carbocycles. The number of alkyl halides is 3. The minimum Gasteiger partial charge on any atom is -0.491 e. The molecule has 0 saturated heterocycles. The lowest BCUT2D eigenvalue weighted by molar-refractivity contribution is -0.384. The van der Waals surface area contributed by atoms with Crippen LogP contribution in [0.2, 0.25) is 0 Å². The average Bonchev–Trinajstić information content (AvgIpc) is 2.99. The van der Waals surface area contributed by atoms with E-state index in [2.05, 4.69) is 4.98 Å². The van der Waals surface area contributed by atoms with Crippen LogP contribution >= 0.6 is 0 Å². The molecule has 0 aliphatic heterocycles. The number of aromatic nitrogens is 2. The van der Waals surface area contributed by atoms with Crippen molar-refractivity contribution in [1.29, 1.82) is 0 Å². The Morgan fingerprint density at radius 2 is 1.96 bits per heavy atom. The van der Waals surface area contributed by atoms with Crippen LogP contribution in [0, 0.1) is 10.1 Å². The number of nitrogens with zero attached hydrogens (tertiary/aromatic N) is 3. The standard InChI is InChI=1S/C17H14F3N3O4/c18-17(19,20)16-21-14-6-1-2-7-15(14)22(16)9-12(24)10-27-13-5-3-4-11(8-13)23(25)26/h1-8,12,24H,9-10H2/t12-/m1/s1. The molecule has 7 nitrogen and oxygen atoms in total. The molecule has 142 valence electrons. The topological polar surface area (TPSA) is 90.4 Å². The first-order valence-corrected chi connectivity index (χ1v) is 7.83. The Morgan fingerprint density at radius 3 is 2.67 bits per heavy atom. The molecule has 0 fully saturated rings. The van der Waals surface area contributed by atoms with E-state index in [4.69, 9.17) is 4.74 Å². The molecule has 0 amide bonds. The van der Waals surface area contributed by atoms with Crippen molar-refractivity contribution >= 4 is 16.7 Å². The fourth-order valence-electron chi connectivity index (χ4n) is 2.62. The third kappa shape index (κ3) is 4.17. The van der Waals surface area contributed by atoms with Gasteiger partial charge in [-0.25, -0.2) is 4.98 Å². The molecule has 0 spiro atoms. The zero-order valence-electron chi connectivity index (χ0n) is 13.8. The van der Waals surface area contributed by atoms with E-state index in [1.54, 1.807) is 12.1 Å². The second kappa shape index (κ2) is 7.23. The minimum absolute atomic E-state index is 0.134. The van der Waals surface area contributed by atoms with E-state index < -0.39 is 29.6 Å². The number of aliphatic hydroxyl groups excluding tert-OH is 1. The molecule has 3 aromatic rings. The SMILES string of the molecule is O=[N+]([O-])c1cccc(OC[C@H](O)Cn2c(C(F)(F)F)nc3ccccc32)c1. The fraction of sp³-hybridized carbons (Fsp3) is 0.235. The van der Waals surface area contributed by atoms with Crippen molar-refractivity contribution in [2.24, 2.45) is 0 Å². The van der Waals surface area contributed by atoms with Gasteiger partial charge in [0.15, 0.2) is 0 Å². The van der Waals surface area contributed by atoms with Crippen LogP contribution in [0.4, 0.5) is 18.9 Å². The predicted octanol–water partition coefficient (Wildman–Crippen LogP) is 3.40. The number of para-hydroxylation sites is 2. The van der Waals surface area contributed by atoms with E-state index in [1.165, 1.54) is 36.4 Å². The Labute approximate surface area is 150 Å². The molecule has 1 heterocycles. The van der Waals surface area contributed by atoms with Crippen molar-refractivity contribution < 1.29 is 27.9 Å². The summed E-state index contributed by atoms with van der Waals surface area (Å²) in [7, 11) is 0. The van der Waals surface area contributed by atoms with E-state index in [0.29, 0.717) is 0 Å². The first-order valence-electron chi connectivity index (χ1n) is 7.83. The molecule has 1 atom stereocenters. The summed E-state index contributed by atoms with van der Waals surface area (Å²) in [6, 6.07) is 11.4. The van der Waals surface area contributed by atoms with Crippen molar-refractivity contribution in [3.05, 3.63) is 64.5 Å². The largest absolute Gasteiger partial charge is 0.491 e. The van der Waals surface area contributed by atoms with E-state index in [0.717, 1.165) is 4.57 Å². The number of fused-ring (bicyclic) bond motifs is 1. The number of imidazole rings is 1. The molecule has 1 N–H and O–H groups in total. The van der Waals surface area contributed by atoms with Crippen LogP contribution in [0.1, 0.15) is 5.82 Å². The summed E-state index contributed by atoms with van der Waals surface area (Å²) >= 11 is 0. The zero-order valence-corrected chi connectivity index (χ0v) is 13.8. The summed E-state index contributed by atoms with van der Waals surface area (Å²) in [5.41, 5.74) is 0.206. The van der Waals surface area contributed by atoms with Gasteiger partial charge >= 0.3 is 6.18 Å². The third-order valence-electron chi connectivity index (χ3n) is 3.77. The van der Waals surface area contributed by atoms with Crippen LogP contribution in [0.15, 0.2) is 48.5 Å². The number of nitro benzene ring substituents is 1. The van der Waals surface area contributed by atoms with Gasteiger partial charge in [0.25, 0.3) is 5.69 Å². The predicted molar refractivity (Wildman–Crippen MR) is 89.3 cm³/mol. The molecule has 3 rings (SSSR count). The first-order chi connectivity index (χ1) is 12.8. The normalized spacial score (nSPS) is 12.9. The van der Waals surface area contributed by atoms with Gasteiger partial charge in [0, 0.05) is 6.07 Å². The number of aliphatic hydroxyl groups is 1. The van der Waals surface area contributed by atoms with Gasteiger partial charge in [-0.3, -0.25) is 10.1 Å². The molecule has 0 unspecified atom stereocenters. The number of ether oxygens (including phenoxy) is 1. The molecule has 0 aliphatic carbocycles. The summed E-state index contributed by atoms with van der Waals surface area (Å²) in [6.45, 7) is -0.741. The molecule has 27 heavy (non-hydrogen) atoms. The summed E-state index contributed by atoms with van der Waals surface area (Å²) in [5.74, 6) is -0.979. The van der Waals surface area contributed by atoms with Crippen LogP contribution in [-0.2, 0) is 12.7 Å². The zero-order chi connectivity index (χ0) is 19.6.